The number of ketones is 1. The molecule has 0 amide bonds. The van der Waals surface area contributed by atoms with Crippen LogP contribution in [0.4, 0.5) is 4.39 Å². The Morgan fingerprint density at radius 1 is 1.10 bits per heavy atom. The van der Waals surface area contributed by atoms with Crippen molar-refractivity contribution in [2.75, 3.05) is 0 Å². The third kappa shape index (κ3) is 2.18. The lowest BCUT2D eigenvalue weighted by molar-refractivity contribution is 0.103. The zero-order valence-electron chi connectivity index (χ0n) is 10.9. The molecule has 20 heavy (non-hydrogen) atoms. The fourth-order valence-electron chi connectivity index (χ4n) is 2.23. The zero-order valence-corrected chi connectivity index (χ0v) is 10.9. The molecule has 0 aliphatic heterocycles. The Kier molecular flexibility index (Phi) is 3.03. The van der Waals surface area contributed by atoms with Gasteiger partial charge in [-0.25, -0.2) is 4.39 Å². The van der Waals surface area contributed by atoms with Crippen molar-refractivity contribution in [2.24, 2.45) is 0 Å². The molecule has 3 rings (SSSR count). The van der Waals surface area contributed by atoms with Gasteiger partial charge in [0.25, 0.3) is 0 Å². The van der Waals surface area contributed by atoms with Crippen molar-refractivity contribution in [1.82, 2.24) is 4.98 Å². The van der Waals surface area contributed by atoms with Crippen LogP contribution >= 0.6 is 0 Å². The first-order valence-electron chi connectivity index (χ1n) is 6.31. The predicted molar refractivity (Wildman–Crippen MR) is 76.3 cm³/mol. The number of carbonyl (C=O) groups excluding carboxylic acids is 1. The van der Waals surface area contributed by atoms with Gasteiger partial charge in [-0.3, -0.25) is 9.78 Å². The average Bonchev–Trinajstić information content (AvgIpc) is 2.46. The second-order valence-electron chi connectivity index (χ2n) is 4.71. The van der Waals surface area contributed by atoms with Crippen molar-refractivity contribution in [3.05, 3.63) is 77.2 Å². The maximum absolute atomic E-state index is 13.1. The lowest BCUT2D eigenvalue weighted by atomic mass is 9.99. The molecule has 3 heteroatoms. The van der Waals surface area contributed by atoms with Crippen molar-refractivity contribution >= 4 is 16.7 Å². The lowest BCUT2D eigenvalue weighted by Gasteiger charge is -2.06. The molecule has 98 valence electrons. The summed E-state index contributed by atoms with van der Waals surface area (Å²) < 4.78 is 13.1. The van der Waals surface area contributed by atoms with Crippen molar-refractivity contribution < 1.29 is 9.18 Å². The van der Waals surface area contributed by atoms with Crippen molar-refractivity contribution in [3.63, 3.8) is 0 Å². The minimum Gasteiger partial charge on any atom is -0.289 e. The van der Waals surface area contributed by atoms with E-state index in [9.17, 15) is 9.18 Å². The van der Waals surface area contributed by atoms with E-state index in [0.717, 1.165) is 10.9 Å². The second-order valence-corrected chi connectivity index (χ2v) is 4.71. The van der Waals surface area contributed by atoms with Crippen LogP contribution in [0, 0.1) is 12.7 Å². The Morgan fingerprint density at radius 2 is 1.90 bits per heavy atom. The summed E-state index contributed by atoms with van der Waals surface area (Å²) in [6.07, 6.45) is 1.56. The van der Waals surface area contributed by atoms with Gasteiger partial charge in [-0.15, -0.1) is 0 Å². The lowest BCUT2D eigenvalue weighted by Crippen LogP contribution is -2.04. The summed E-state index contributed by atoms with van der Waals surface area (Å²) in [5.41, 5.74) is 2.49. The van der Waals surface area contributed by atoms with E-state index in [0.29, 0.717) is 16.7 Å². The second kappa shape index (κ2) is 4.85. The van der Waals surface area contributed by atoms with E-state index in [1.165, 1.54) is 18.2 Å². The van der Waals surface area contributed by atoms with E-state index < -0.39 is 0 Å². The number of benzene rings is 2. The SMILES string of the molecule is Cc1cc(F)ccc1C(=O)c1cnc2ccccc2c1. The molecule has 0 bridgehead atoms. The van der Waals surface area contributed by atoms with Gasteiger partial charge < -0.3 is 0 Å². The van der Waals surface area contributed by atoms with Crippen molar-refractivity contribution in [2.45, 2.75) is 6.92 Å². The fraction of sp³-hybridized carbons (Fsp3) is 0.0588. The Labute approximate surface area is 115 Å². The molecule has 0 N–H and O–H groups in total. The van der Waals surface area contributed by atoms with Gasteiger partial charge >= 0.3 is 0 Å². The van der Waals surface area contributed by atoms with Crippen molar-refractivity contribution in [3.8, 4) is 0 Å². The molecule has 0 spiro atoms. The summed E-state index contributed by atoms with van der Waals surface area (Å²) in [4.78, 5) is 16.7. The number of carbonyl (C=O) groups is 1. The fourth-order valence-corrected chi connectivity index (χ4v) is 2.23. The highest BCUT2D eigenvalue weighted by atomic mass is 19.1. The molecule has 0 aliphatic rings. The molecule has 0 atom stereocenters. The van der Waals surface area contributed by atoms with E-state index >= 15 is 0 Å². The third-order valence-corrected chi connectivity index (χ3v) is 3.29. The monoisotopic (exact) mass is 265 g/mol. The molecule has 3 aromatic rings. The van der Waals surface area contributed by atoms with Crippen LogP contribution in [0.15, 0.2) is 54.7 Å². The van der Waals surface area contributed by atoms with Crippen LogP contribution in [0.3, 0.4) is 0 Å². The number of pyridine rings is 1. The van der Waals surface area contributed by atoms with Gasteiger partial charge in [-0.05, 0) is 42.8 Å². The van der Waals surface area contributed by atoms with E-state index in [1.807, 2.05) is 30.3 Å². The first-order chi connectivity index (χ1) is 9.65. The summed E-state index contributed by atoms with van der Waals surface area (Å²) in [7, 11) is 0. The van der Waals surface area contributed by atoms with Crippen LogP contribution in [0.5, 0.6) is 0 Å². The molecular formula is C17H12FNO. The molecule has 0 saturated heterocycles. The van der Waals surface area contributed by atoms with Crippen LogP contribution in [0.2, 0.25) is 0 Å². The van der Waals surface area contributed by atoms with Crippen LogP contribution < -0.4 is 0 Å². The van der Waals surface area contributed by atoms with Gasteiger partial charge in [-0.2, -0.15) is 0 Å². The number of aromatic nitrogens is 1. The van der Waals surface area contributed by atoms with Gasteiger partial charge in [0.2, 0.25) is 0 Å². The molecule has 1 aromatic heterocycles. The Morgan fingerprint density at radius 3 is 2.70 bits per heavy atom. The zero-order chi connectivity index (χ0) is 14.1. The van der Waals surface area contributed by atoms with E-state index in [4.69, 9.17) is 0 Å². The Bertz CT molecular complexity index is 811. The topological polar surface area (TPSA) is 30.0 Å². The highest BCUT2D eigenvalue weighted by Gasteiger charge is 2.13. The average molecular weight is 265 g/mol. The standard InChI is InChI=1S/C17H12FNO/c1-11-8-14(18)6-7-15(11)17(20)13-9-12-4-2-3-5-16(12)19-10-13/h2-10H,1H3. The largest absolute Gasteiger partial charge is 0.289 e. The molecule has 1 heterocycles. The first kappa shape index (κ1) is 12.5. The normalized spacial score (nSPS) is 10.7. The van der Waals surface area contributed by atoms with Gasteiger partial charge in [0.05, 0.1) is 5.52 Å². The molecule has 0 fully saturated rings. The van der Waals surface area contributed by atoms with Crippen LogP contribution in [-0.2, 0) is 0 Å². The quantitative estimate of drug-likeness (QED) is 0.657. The molecular weight excluding hydrogens is 253 g/mol. The number of aryl methyl sites for hydroxylation is 1. The number of hydrogen-bond donors (Lipinski definition) is 0. The van der Waals surface area contributed by atoms with E-state index in [-0.39, 0.29) is 11.6 Å². The Balaban J connectivity index is 2.08. The van der Waals surface area contributed by atoms with Crippen LogP contribution in [-0.4, -0.2) is 10.8 Å². The molecule has 2 nitrogen and oxygen atoms in total. The minimum absolute atomic E-state index is 0.138. The summed E-state index contributed by atoms with van der Waals surface area (Å²) in [5, 5.41) is 0.915. The molecule has 0 unspecified atom stereocenters. The summed E-state index contributed by atoms with van der Waals surface area (Å²) >= 11 is 0. The molecule has 0 saturated carbocycles. The molecule has 0 aliphatic carbocycles. The number of nitrogens with zero attached hydrogens (tertiary/aromatic N) is 1. The summed E-state index contributed by atoms with van der Waals surface area (Å²) in [6, 6.07) is 13.6. The van der Waals surface area contributed by atoms with E-state index in [2.05, 4.69) is 4.98 Å². The number of rotatable bonds is 2. The molecule has 0 radical (unpaired) electrons. The number of halogens is 1. The third-order valence-electron chi connectivity index (χ3n) is 3.29. The highest BCUT2D eigenvalue weighted by molar-refractivity contribution is 6.10. The number of hydrogen-bond acceptors (Lipinski definition) is 2. The van der Waals surface area contributed by atoms with Gasteiger partial charge in [0.1, 0.15) is 5.82 Å². The predicted octanol–water partition coefficient (Wildman–Crippen LogP) is 3.91. The molecule has 2 aromatic carbocycles. The highest BCUT2D eigenvalue weighted by Crippen LogP contribution is 2.18. The maximum atomic E-state index is 13.1. The first-order valence-corrected chi connectivity index (χ1v) is 6.31. The van der Waals surface area contributed by atoms with E-state index in [1.54, 1.807) is 13.1 Å². The number of fused-ring (bicyclic) bond motifs is 1. The van der Waals surface area contributed by atoms with Gasteiger partial charge in [0.15, 0.2) is 5.78 Å². The van der Waals surface area contributed by atoms with Crippen LogP contribution in [0.1, 0.15) is 21.5 Å². The Hall–Kier alpha value is -2.55. The minimum atomic E-state index is -0.337. The van der Waals surface area contributed by atoms with Crippen molar-refractivity contribution in [1.29, 1.82) is 0 Å². The summed E-state index contributed by atoms with van der Waals surface area (Å²) in [6.45, 7) is 1.73. The van der Waals surface area contributed by atoms with Gasteiger partial charge in [0, 0.05) is 22.7 Å². The van der Waals surface area contributed by atoms with Gasteiger partial charge in [-0.1, -0.05) is 18.2 Å². The number of para-hydroxylation sites is 1. The maximum Gasteiger partial charge on any atom is 0.194 e. The summed E-state index contributed by atoms with van der Waals surface area (Å²) in [5.74, 6) is -0.476. The van der Waals surface area contributed by atoms with Crippen LogP contribution in [0.25, 0.3) is 10.9 Å². The smallest absolute Gasteiger partial charge is 0.194 e.